The molecule has 1 heterocycles. The highest BCUT2D eigenvalue weighted by molar-refractivity contribution is 7.55. The van der Waals surface area contributed by atoms with E-state index in [1.807, 2.05) is 26.0 Å². The van der Waals surface area contributed by atoms with Gasteiger partial charge in [-0.3, -0.25) is 14.1 Å². The van der Waals surface area contributed by atoms with Gasteiger partial charge in [0, 0.05) is 17.5 Å². The molecule has 0 saturated heterocycles. The maximum absolute atomic E-state index is 12.1. The van der Waals surface area contributed by atoms with Gasteiger partial charge in [0.2, 0.25) is 5.91 Å². The Morgan fingerprint density at radius 1 is 1.34 bits per heavy atom. The molecule has 9 nitrogen and oxygen atoms in total. The summed E-state index contributed by atoms with van der Waals surface area (Å²) < 4.78 is 21.1. The van der Waals surface area contributed by atoms with Crippen molar-refractivity contribution < 1.29 is 37.9 Å². The molecule has 2 atom stereocenters. The van der Waals surface area contributed by atoms with Crippen molar-refractivity contribution in [1.29, 1.82) is 0 Å². The van der Waals surface area contributed by atoms with E-state index in [0.717, 1.165) is 16.7 Å². The fourth-order valence-electron chi connectivity index (χ4n) is 2.80. The second-order valence-corrected chi connectivity index (χ2v) is 9.32. The number of esters is 1. The van der Waals surface area contributed by atoms with Crippen molar-refractivity contribution in [3.63, 3.8) is 0 Å². The molecule has 1 aromatic carbocycles. The van der Waals surface area contributed by atoms with Crippen LogP contribution in [0.25, 0.3) is 0 Å². The Hall–Kier alpha value is -1.77. The summed E-state index contributed by atoms with van der Waals surface area (Å²) in [5.41, 5.74) is 1.68. The van der Waals surface area contributed by atoms with Gasteiger partial charge in [0.05, 0.1) is 13.5 Å². The Morgan fingerprint density at radius 2 is 2.03 bits per heavy atom. The summed E-state index contributed by atoms with van der Waals surface area (Å²) in [5.74, 6) is -0.599. The van der Waals surface area contributed by atoms with Crippen molar-refractivity contribution in [1.82, 2.24) is 5.32 Å². The number of carbonyl (C=O) groups excluding carboxylic acids is 2. The lowest BCUT2D eigenvalue weighted by Crippen LogP contribution is -2.46. The SMILES string of the molecule is COC(=O)CCNC(=O)[C@H](O)C(C)(C)CO[P+]1(O)OCc2cc(C)cc(C)c2O1. The first-order chi connectivity index (χ1) is 13.5. The number of aliphatic hydroxyl groups excluding tert-OH is 1. The van der Waals surface area contributed by atoms with Gasteiger partial charge in [-0.1, -0.05) is 25.5 Å². The summed E-state index contributed by atoms with van der Waals surface area (Å²) in [6, 6.07) is 3.85. The summed E-state index contributed by atoms with van der Waals surface area (Å²) in [6.45, 7) is 7.03. The van der Waals surface area contributed by atoms with E-state index in [0.29, 0.717) is 5.75 Å². The molecule has 1 unspecified atom stereocenters. The van der Waals surface area contributed by atoms with Crippen LogP contribution in [-0.4, -0.2) is 48.2 Å². The first kappa shape index (κ1) is 23.5. The molecule has 0 radical (unpaired) electrons. The number of nitrogens with one attached hydrogen (secondary N) is 1. The van der Waals surface area contributed by atoms with E-state index >= 15 is 0 Å². The lowest BCUT2D eigenvalue weighted by atomic mass is 9.87. The third kappa shape index (κ3) is 6.10. The molecule has 1 aliphatic heterocycles. The number of methoxy groups -OCH3 is 1. The number of amides is 1. The lowest BCUT2D eigenvalue weighted by molar-refractivity contribution is -0.141. The number of ether oxygens (including phenoxy) is 1. The summed E-state index contributed by atoms with van der Waals surface area (Å²) in [5, 5.41) is 12.8. The van der Waals surface area contributed by atoms with Crippen molar-refractivity contribution in [3.8, 4) is 5.75 Å². The normalized spacial score (nSPS) is 19.7. The molecule has 2 rings (SSSR count). The molecule has 1 amide bonds. The Bertz CT molecular complexity index is 769. The molecular weight excluding hydrogens is 401 g/mol. The van der Waals surface area contributed by atoms with Gasteiger partial charge in [0.15, 0.2) is 5.75 Å². The fraction of sp³-hybridized carbons (Fsp3) is 0.579. The molecule has 3 N–H and O–H groups in total. The molecule has 0 spiro atoms. The Kier molecular flexibility index (Phi) is 7.59. The predicted octanol–water partition coefficient (Wildman–Crippen LogP) is 1.97. The van der Waals surface area contributed by atoms with Gasteiger partial charge < -0.3 is 15.2 Å². The van der Waals surface area contributed by atoms with Crippen LogP contribution in [0.15, 0.2) is 12.1 Å². The number of aryl methyl sites for hydroxylation is 2. The van der Waals surface area contributed by atoms with Crippen LogP contribution in [0.2, 0.25) is 0 Å². The van der Waals surface area contributed by atoms with Crippen molar-refractivity contribution >= 4 is 20.0 Å². The fourth-order valence-corrected chi connectivity index (χ4v) is 4.27. The van der Waals surface area contributed by atoms with Gasteiger partial charge in [-0.15, -0.1) is 9.05 Å². The maximum atomic E-state index is 12.1. The zero-order chi connectivity index (χ0) is 21.8. The molecule has 0 aromatic heterocycles. The summed E-state index contributed by atoms with van der Waals surface area (Å²) in [4.78, 5) is 33.9. The van der Waals surface area contributed by atoms with Crippen molar-refractivity contribution in [2.75, 3.05) is 20.3 Å². The van der Waals surface area contributed by atoms with Crippen molar-refractivity contribution in [2.45, 2.75) is 46.8 Å². The standard InChI is InChI=1S/C19H28NO8P/c1-12-8-13(2)16-14(9-12)10-26-29(24,28-16)27-11-19(3,4)17(22)18(23)20-7-6-15(21)25-5/h8-9,17,22,24H,6-7,10-11H2,1-5H3/p+1/t17-,29?/m0/s1. The minimum absolute atomic E-state index is 0.00289. The molecule has 0 bridgehead atoms. The van der Waals surface area contributed by atoms with Gasteiger partial charge in [-0.2, -0.15) is 4.89 Å². The first-order valence-corrected chi connectivity index (χ1v) is 10.7. The lowest BCUT2D eigenvalue weighted by Gasteiger charge is -2.30. The summed E-state index contributed by atoms with van der Waals surface area (Å²) >= 11 is 0. The largest absolute Gasteiger partial charge is 0.619 e. The molecular formula is C19H29NO8P+. The average Bonchev–Trinajstić information content (AvgIpc) is 2.66. The van der Waals surface area contributed by atoms with Crippen molar-refractivity contribution in [3.05, 3.63) is 28.8 Å². The van der Waals surface area contributed by atoms with Crippen molar-refractivity contribution in [2.24, 2.45) is 5.41 Å². The average molecular weight is 430 g/mol. The maximum Gasteiger partial charge on any atom is 0.619 e. The molecule has 1 aromatic rings. The van der Waals surface area contributed by atoms with Crippen LogP contribution in [0, 0.1) is 19.3 Å². The molecule has 1 aliphatic rings. The minimum atomic E-state index is -3.65. The Labute approximate surface area is 171 Å². The number of hydrogen-bond donors (Lipinski definition) is 3. The van der Waals surface area contributed by atoms with E-state index in [-0.39, 0.29) is 26.2 Å². The van der Waals surface area contributed by atoms with Gasteiger partial charge in [0.25, 0.3) is 0 Å². The number of aliphatic hydroxyl groups is 1. The quantitative estimate of drug-likeness (QED) is 0.423. The molecule has 10 heteroatoms. The van der Waals surface area contributed by atoms with Crippen LogP contribution < -0.4 is 9.84 Å². The van der Waals surface area contributed by atoms with E-state index in [2.05, 4.69) is 10.1 Å². The van der Waals surface area contributed by atoms with Gasteiger partial charge >= 0.3 is 14.1 Å². The summed E-state index contributed by atoms with van der Waals surface area (Å²) in [7, 11) is -2.39. The van der Waals surface area contributed by atoms with Crippen LogP contribution in [0.4, 0.5) is 0 Å². The number of carbonyl (C=O) groups is 2. The van der Waals surface area contributed by atoms with Crippen LogP contribution in [-0.2, 0) is 30.0 Å². The second-order valence-electron chi connectivity index (χ2n) is 7.69. The third-order valence-electron chi connectivity index (χ3n) is 4.53. The van der Waals surface area contributed by atoms with Gasteiger partial charge in [-0.05, 0) is 25.5 Å². The van der Waals surface area contributed by atoms with Crippen LogP contribution in [0.3, 0.4) is 0 Å². The topological polar surface area (TPSA) is 124 Å². The monoisotopic (exact) mass is 430 g/mol. The first-order valence-electron chi connectivity index (χ1n) is 9.20. The molecule has 0 saturated carbocycles. The van der Waals surface area contributed by atoms with Crippen LogP contribution in [0.1, 0.15) is 37.0 Å². The Morgan fingerprint density at radius 3 is 2.69 bits per heavy atom. The number of rotatable bonds is 8. The number of benzene rings is 1. The van der Waals surface area contributed by atoms with E-state index in [1.54, 1.807) is 13.8 Å². The molecule has 29 heavy (non-hydrogen) atoms. The van der Waals surface area contributed by atoms with Crippen LogP contribution in [0.5, 0.6) is 5.75 Å². The highest BCUT2D eigenvalue weighted by Gasteiger charge is 2.52. The van der Waals surface area contributed by atoms with Gasteiger partial charge in [-0.25, -0.2) is 0 Å². The van der Waals surface area contributed by atoms with E-state index in [9.17, 15) is 19.6 Å². The number of hydrogen-bond acceptors (Lipinski definition) is 8. The van der Waals surface area contributed by atoms with E-state index in [1.165, 1.54) is 7.11 Å². The molecule has 0 aliphatic carbocycles. The Balaban J connectivity index is 1.94. The van der Waals surface area contributed by atoms with E-state index in [4.69, 9.17) is 13.6 Å². The molecule has 162 valence electrons. The third-order valence-corrected chi connectivity index (χ3v) is 5.85. The molecule has 0 fully saturated rings. The smallest absolute Gasteiger partial charge is 0.469 e. The highest BCUT2D eigenvalue weighted by Crippen LogP contribution is 2.62. The van der Waals surface area contributed by atoms with E-state index < -0.39 is 31.6 Å². The second kappa shape index (κ2) is 9.36. The zero-order valence-corrected chi connectivity index (χ0v) is 18.2. The zero-order valence-electron chi connectivity index (χ0n) is 17.4. The van der Waals surface area contributed by atoms with Crippen LogP contribution >= 0.6 is 8.17 Å². The predicted molar refractivity (Wildman–Crippen MR) is 106 cm³/mol. The van der Waals surface area contributed by atoms with Gasteiger partial charge in [0.1, 0.15) is 19.3 Å². The highest BCUT2D eigenvalue weighted by atomic mass is 31.2. The summed E-state index contributed by atoms with van der Waals surface area (Å²) in [6.07, 6.45) is -1.44. The minimum Gasteiger partial charge on any atom is -0.469 e. The number of fused-ring (bicyclic) bond motifs is 1.